The second-order valence-corrected chi connectivity index (χ2v) is 2.60. The van der Waals surface area contributed by atoms with Gasteiger partial charge in [-0.3, -0.25) is 9.67 Å². The SMILES string of the molecule is Cn1nc(CO)c2ncccc21. The van der Waals surface area contributed by atoms with Crippen molar-refractivity contribution in [3.8, 4) is 0 Å². The van der Waals surface area contributed by atoms with E-state index in [9.17, 15) is 0 Å². The third kappa shape index (κ3) is 0.887. The molecule has 0 bridgehead atoms. The van der Waals surface area contributed by atoms with Gasteiger partial charge in [0.25, 0.3) is 0 Å². The zero-order chi connectivity index (χ0) is 8.55. The third-order valence-electron chi connectivity index (χ3n) is 1.83. The molecule has 0 atom stereocenters. The number of hydrogen-bond acceptors (Lipinski definition) is 3. The Hall–Kier alpha value is -1.42. The summed E-state index contributed by atoms with van der Waals surface area (Å²) in [4.78, 5) is 4.13. The van der Waals surface area contributed by atoms with Gasteiger partial charge in [0.15, 0.2) is 0 Å². The first-order valence-electron chi connectivity index (χ1n) is 3.70. The summed E-state index contributed by atoms with van der Waals surface area (Å²) in [6, 6.07) is 3.78. The standard InChI is InChI=1S/C8H9N3O/c1-11-7-3-2-4-9-8(7)6(5-12)10-11/h2-4,12H,5H2,1H3. The molecule has 0 unspecified atom stereocenters. The maximum atomic E-state index is 8.93. The summed E-state index contributed by atoms with van der Waals surface area (Å²) in [5.41, 5.74) is 2.36. The summed E-state index contributed by atoms with van der Waals surface area (Å²) in [6.45, 7) is -0.0612. The number of rotatable bonds is 1. The predicted molar refractivity (Wildman–Crippen MR) is 44.4 cm³/mol. The number of nitrogens with zero attached hydrogens (tertiary/aromatic N) is 3. The Morgan fingerprint density at radius 1 is 1.58 bits per heavy atom. The Bertz CT molecular complexity index is 408. The first-order chi connectivity index (χ1) is 5.83. The van der Waals surface area contributed by atoms with E-state index >= 15 is 0 Å². The largest absolute Gasteiger partial charge is 0.390 e. The Labute approximate surface area is 69.5 Å². The third-order valence-corrected chi connectivity index (χ3v) is 1.83. The van der Waals surface area contributed by atoms with E-state index in [0.29, 0.717) is 5.69 Å². The van der Waals surface area contributed by atoms with Crippen LogP contribution in [0.15, 0.2) is 18.3 Å². The number of aliphatic hydroxyl groups excluding tert-OH is 1. The average molecular weight is 163 g/mol. The zero-order valence-corrected chi connectivity index (χ0v) is 6.73. The normalized spacial score (nSPS) is 10.8. The monoisotopic (exact) mass is 163 g/mol. The van der Waals surface area contributed by atoms with Crippen molar-refractivity contribution in [2.24, 2.45) is 7.05 Å². The summed E-state index contributed by atoms with van der Waals surface area (Å²) >= 11 is 0. The van der Waals surface area contributed by atoms with E-state index in [1.54, 1.807) is 10.9 Å². The van der Waals surface area contributed by atoms with Gasteiger partial charge in [0.2, 0.25) is 0 Å². The van der Waals surface area contributed by atoms with E-state index in [4.69, 9.17) is 5.11 Å². The fourth-order valence-corrected chi connectivity index (χ4v) is 1.27. The molecule has 0 saturated heterocycles. The number of pyridine rings is 1. The van der Waals surface area contributed by atoms with Gasteiger partial charge in [-0.1, -0.05) is 0 Å². The van der Waals surface area contributed by atoms with Crippen molar-refractivity contribution >= 4 is 11.0 Å². The van der Waals surface area contributed by atoms with Crippen molar-refractivity contribution in [2.45, 2.75) is 6.61 Å². The number of fused-ring (bicyclic) bond motifs is 1. The Kier molecular flexibility index (Phi) is 1.55. The van der Waals surface area contributed by atoms with Crippen LogP contribution in [0, 0.1) is 0 Å². The molecule has 2 rings (SSSR count). The van der Waals surface area contributed by atoms with Crippen LogP contribution in [0.3, 0.4) is 0 Å². The molecule has 12 heavy (non-hydrogen) atoms. The maximum Gasteiger partial charge on any atom is 0.114 e. The average Bonchev–Trinajstić information content (AvgIpc) is 2.44. The molecule has 4 nitrogen and oxygen atoms in total. The van der Waals surface area contributed by atoms with Gasteiger partial charge in [0.05, 0.1) is 12.1 Å². The number of hydrogen-bond donors (Lipinski definition) is 1. The number of aryl methyl sites for hydroxylation is 1. The van der Waals surface area contributed by atoms with Crippen LogP contribution >= 0.6 is 0 Å². The van der Waals surface area contributed by atoms with Crippen molar-refractivity contribution < 1.29 is 5.11 Å². The lowest BCUT2D eigenvalue weighted by molar-refractivity contribution is 0.277. The molecule has 2 aromatic rings. The molecular weight excluding hydrogens is 154 g/mol. The van der Waals surface area contributed by atoms with Crippen LogP contribution in [0.5, 0.6) is 0 Å². The second kappa shape index (κ2) is 2.57. The van der Waals surface area contributed by atoms with E-state index in [1.165, 1.54) is 0 Å². The summed E-state index contributed by atoms with van der Waals surface area (Å²) in [5.74, 6) is 0. The Morgan fingerprint density at radius 3 is 3.17 bits per heavy atom. The Balaban J connectivity index is 2.82. The van der Waals surface area contributed by atoms with Gasteiger partial charge in [0, 0.05) is 13.2 Å². The quantitative estimate of drug-likeness (QED) is 0.664. The zero-order valence-electron chi connectivity index (χ0n) is 6.73. The topological polar surface area (TPSA) is 50.9 Å². The molecule has 0 radical (unpaired) electrons. The van der Waals surface area contributed by atoms with E-state index in [2.05, 4.69) is 10.1 Å². The molecule has 1 N–H and O–H groups in total. The van der Waals surface area contributed by atoms with Crippen LogP contribution in [0.4, 0.5) is 0 Å². The summed E-state index contributed by atoms with van der Waals surface area (Å²) in [6.07, 6.45) is 1.70. The maximum absolute atomic E-state index is 8.93. The van der Waals surface area contributed by atoms with Gasteiger partial charge >= 0.3 is 0 Å². The van der Waals surface area contributed by atoms with Gasteiger partial charge in [0.1, 0.15) is 11.2 Å². The van der Waals surface area contributed by atoms with Crippen LogP contribution in [-0.4, -0.2) is 19.9 Å². The molecule has 0 amide bonds. The van der Waals surface area contributed by atoms with E-state index in [0.717, 1.165) is 11.0 Å². The Morgan fingerprint density at radius 2 is 2.42 bits per heavy atom. The van der Waals surface area contributed by atoms with Gasteiger partial charge in [-0.05, 0) is 12.1 Å². The van der Waals surface area contributed by atoms with Crippen LogP contribution in [-0.2, 0) is 13.7 Å². The van der Waals surface area contributed by atoms with Gasteiger partial charge in [-0.15, -0.1) is 0 Å². The summed E-state index contributed by atoms with van der Waals surface area (Å²) in [5, 5.41) is 13.0. The lowest BCUT2D eigenvalue weighted by Gasteiger charge is -1.89. The molecule has 2 heterocycles. The smallest absolute Gasteiger partial charge is 0.114 e. The minimum absolute atomic E-state index is 0.0612. The highest BCUT2D eigenvalue weighted by Gasteiger charge is 2.06. The molecule has 4 heteroatoms. The van der Waals surface area contributed by atoms with Crippen LogP contribution in [0.2, 0.25) is 0 Å². The highest BCUT2D eigenvalue weighted by atomic mass is 16.3. The second-order valence-electron chi connectivity index (χ2n) is 2.60. The molecule has 0 saturated carbocycles. The lowest BCUT2D eigenvalue weighted by Crippen LogP contribution is -1.90. The fraction of sp³-hybridized carbons (Fsp3) is 0.250. The molecular formula is C8H9N3O. The first-order valence-corrected chi connectivity index (χ1v) is 3.70. The number of aromatic nitrogens is 3. The van der Waals surface area contributed by atoms with E-state index in [-0.39, 0.29) is 6.61 Å². The fourth-order valence-electron chi connectivity index (χ4n) is 1.27. The molecule has 0 aliphatic carbocycles. The highest BCUT2D eigenvalue weighted by Crippen LogP contribution is 2.13. The molecule has 0 aliphatic heterocycles. The minimum atomic E-state index is -0.0612. The molecule has 0 aliphatic rings. The van der Waals surface area contributed by atoms with Gasteiger partial charge < -0.3 is 5.11 Å². The van der Waals surface area contributed by atoms with Gasteiger partial charge in [-0.2, -0.15) is 5.10 Å². The van der Waals surface area contributed by atoms with Crippen molar-refractivity contribution in [3.05, 3.63) is 24.0 Å². The van der Waals surface area contributed by atoms with E-state index in [1.807, 2.05) is 19.2 Å². The van der Waals surface area contributed by atoms with Crippen LogP contribution < -0.4 is 0 Å². The molecule has 0 spiro atoms. The minimum Gasteiger partial charge on any atom is -0.390 e. The molecule has 62 valence electrons. The van der Waals surface area contributed by atoms with Crippen molar-refractivity contribution in [1.82, 2.24) is 14.8 Å². The van der Waals surface area contributed by atoms with E-state index < -0.39 is 0 Å². The van der Waals surface area contributed by atoms with Crippen molar-refractivity contribution in [3.63, 3.8) is 0 Å². The van der Waals surface area contributed by atoms with Crippen LogP contribution in [0.25, 0.3) is 11.0 Å². The molecule has 2 aromatic heterocycles. The predicted octanol–water partition coefficient (Wildman–Crippen LogP) is 0.461. The van der Waals surface area contributed by atoms with Crippen molar-refractivity contribution in [2.75, 3.05) is 0 Å². The summed E-state index contributed by atoms with van der Waals surface area (Å²) < 4.78 is 1.72. The first kappa shape index (κ1) is 7.24. The van der Waals surface area contributed by atoms with Gasteiger partial charge in [-0.25, -0.2) is 0 Å². The number of aliphatic hydroxyl groups is 1. The lowest BCUT2D eigenvalue weighted by atomic mass is 10.3. The van der Waals surface area contributed by atoms with Crippen molar-refractivity contribution in [1.29, 1.82) is 0 Å². The highest BCUT2D eigenvalue weighted by molar-refractivity contribution is 5.76. The molecule has 0 aromatic carbocycles. The van der Waals surface area contributed by atoms with Crippen LogP contribution in [0.1, 0.15) is 5.69 Å². The summed E-state index contributed by atoms with van der Waals surface area (Å²) in [7, 11) is 1.84. The molecule has 0 fully saturated rings.